The second kappa shape index (κ2) is 9.36. The molecule has 0 spiro atoms. The van der Waals surface area contributed by atoms with E-state index in [0.717, 1.165) is 5.56 Å². The van der Waals surface area contributed by atoms with Crippen molar-refractivity contribution in [3.63, 3.8) is 0 Å². The predicted molar refractivity (Wildman–Crippen MR) is 122 cm³/mol. The van der Waals surface area contributed by atoms with Gasteiger partial charge in [-0.15, -0.1) is 0 Å². The van der Waals surface area contributed by atoms with Gasteiger partial charge in [0.25, 0.3) is 0 Å². The molecule has 0 saturated carbocycles. The van der Waals surface area contributed by atoms with Crippen molar-refractivity contribution in [2.24, 2.45) is 0 Å². The fraction of sp³-hybridized carbons (Fsp3) is 0.318. The number of aliphatic hydroxyl groups is 1. The van der Waals surface area contributed by atoms with Crippen molar-refractivity contribution in [2.75, 3.05) is 17.7 Å². The van der Waals surface area contributed by atoms with Crippen LogP contribution in [0, 0.1) is 0 Å². The number of hydrogen-bond acceptors (Lipinski definition) is 8. The summed E-state index contributed by atoms with van der Waals surface area (Å²) in [5.41, 5.74) is 0.529. The molecule has 0 aliphatic rings. The second-order valence-electron chi connectivity index (χ2n) is 7.72. The number of anilines is 3. The van der Waals surface area contributed by atoms with Gasteiger partial charge in [0.2, 0.25) is 11.9 Å². The number of nitrogens with zero attached hydrogens (tertiary/aromatic N) is 3. The maximum absolute atomic E-state index is 10.1. The van der Waals surface area contributed by atoms with Gasteiger partial charge in [-0.05, 0) is 63.6 Å². The number of halogens is 1. The average molecular weight is 444 g/mol. The summed E-state index contributed by atoms with van der Waals surface area (Å²) in [4.78, 5) is 13.1. The van der Waals surface area contributed by atoms with Crippen LogP contribution in [0.25, 0.3) is 0 Å². The van der Waals surface area contributed by atoms with Gasteiger partial charge in [0.15, 0.2) is 0 Å². The Kier molecular flexibility index (Phi) is 6.82. The first kappa shape index (κ1) is 22.6. The number of ether oxygens (including phenoxy) is 2. The first-order valence-electron chi connectivity index (χ1n) is 9.78. The summed E-state index contributed by atoms with van der Waals surface area (Å²) >= 11 is 6.21. The number of hydrogen-bond donors (Lipinski definition) is 3. The highest BCUT2D eigenvalue weighted by molar-refractivity contribution is 6.32. The van der Waals surface area contributed by atoms with E-state index in [9.17, 15) is 5.11 Å². The molecular formula is C22H26ClN5O3. The van der Waals surface area contributed by atoms with E-state index in [1.165, 1.54) is 0 Å². The molecule has 0 atom stereocenters. The molecular weight excluding hydrogens is 418 g/mol. The van der Waals surface area contributed by atoms with Crippen LogP contribution in [-0.4, -0.2) is 33.2 Å². The quantitative estimate of drug-likeness (QED) is 0.441. The predicted octanol–water partition coefficient (Wildman–Crippen LogP) is 5.12. The summed E-state index contributed by atoms with van der Waals surface area (Å²) in [6.07, 6.45) is 0. The van der Waals surface area contributed by atoms with Gasteiger partial charge in [0, 0.05) is 11.7 Å². The van der Waals surface area contributed by atoms with E-state index in [1.807, 2.05) is 13.8 Å². The van der Waals surface area contributed by atoms with Gasteiger partial charge in [-0.3, -0.25) is 0 Å². The average Bonchev–Trinajstić information content (AvgIpc) is 2.67. The molecule has 0 bridgehead atoms. The van der Waals surface area contributed by atoms with E-state index in [0.29, 0.717) is 34.1 Å². The molecule has 1 heterocycles. The van der Waals surface area contributed by atoms with E-state index in [4.69, 9.17) is 21.1 Å². The van der Waals surface area contributed by atoms with Gasteiger partial charge >= 0.3 is 6.01 Å². The monoisotopic (exact) mass is 443 g/mol. The molecule has 1 aromatic heterocycles. The van der Waals surface area contributed by atoms with Crippen LogP contribution in [0.5, 0.6) is 17.5 Å². The molecule has 0 unspecified atom stereocenters. The molecule has 0 radical (unpaired) electrons. The SMILES string of the molecule is COc1ccc(Nc2nc(NC(C)C)nc(Oc3ccc(C(C)(C)O)cc3)n2)cc1Cl. The minimum Gasteiger partial charge on any atom is -0.495 e. The van der Waals surface area contributed by atoms with Gasteiger partial charge < -0.3 is 25.2 Å². The molecule has 0 saturated heterocycles. The summed E-state index contributed by atoms with van der Waals surface area (Å²) in [6.45, 7) is 7.41. The van der Waals surface area contributed by atoms with Crippen LogP contribution in [0.1, 0.15) is 33.3 Å². The van der Waals surface area contributed by atoms with Crippen molar-refractivity contribution < 1.29 is 14.6 Å². The maximum Gasteiger partial charge on any atom is 0.328 e. The van der Waals surface area contributed by atoms with Crippen LogP contribution in [0.15, 0.2) is 42.5 Å². The lowest BCUT2D eigenvalue weighted by molar-refractivity contribution is 0.0785. The Bertz CT molecular complexity index is 1040. The Morgan fingerprint density at radius 2 is 1.68 bits per heavy atom. The first-order valence-corrected chi connectivity index (χ1v) is 10.2. The fourth-order valence-electron chi connectivity index (χ4n) is 2.69. The lowest BCUT2D eigenvalue weighted by atomic mass is 9.99. The van der Waals surface area contributed by atoms with Crippen molar-refractivity contribution in [3.05, 3.63) is 53.1 Å². The van der Waals surface area contributed by atoms with Crippen LogP contribution in [0.4, 0.5) is 17.6 Å². The number of benzene rings is 2. The molecule has 0 aliphatic carbocycles. The topological polar surface area (TPSA) is 101 Å². The Balaban J connectivity index is 1.87. The van der Waals surface area contributed by atoms with Crippen LogP contribution >= 0.6 is 11.6 Å². The third kappa shape index (κ3) is 6.19. The zero-order chi connectivity index (χ0) is 22.6. The summed E-state index contributed by atoms with van der Waals surface area (Å²) in [7, 11) is 1.56. The standard InChI is InChI=1S/C22H26ClN5O3/c1-13(2)24-19-26-20(25-15-8-11-18(30-5)17(23)12-15)28-21(27-19)31-16-9-6-14(7-10-16)22(3,4)29/h6-13,29H,1-5H3,(H2,24,25,26,27,28). The van der Waals surface area contributed by atoms with Gasteiger partial charge in [0.05, 0.1) is 17.7 Å². The molecule has 3 aromatic rings. The number of rotatable bonds is 8. The number of aromatic nitrogens is 3. The highest BCUT2D eigenvalue weighted by Crippen LogP contribution is 2.29. The first-order chi connectivity index (χ1) is 14.6. The summed E-state index contributed by atoms with van der Waals surface area (Å²) < 4.78 is 11.0. The van der Waals surface area contributed by atoms with Crippen LogP contribution in [-0.2, 0) is 5.60 Å². The minimum absolute atomic E-state index is 0.115. The van der Waals surface area contributed by atoms with E-state index in [2.05, 4.69) is 25.6 Å². The van der Waals surface area contributed by atoms with Crippen LogP contribution in [0.3, 0.4) is 0 Å². The van der Waals surface area contributed by atoms with Crippen molar-refractivity contribution in [3.8, 4) is 17.5 Å². The zero-order valence-corrected chi connectivity index (χ0v) is 18.9. The third-order valence-electron chi connectivity index (χ3n) is 4.21. The zero-order valence-electron chi connectivity index (χ0n) is 18.1. The molecule has 0 aliphatic heterocycles. The van der Waals surface area contributed by atoms with Crippen molar-refractivity contribution in [1.82, 2.24) is 15.0 Å². The number of nitrogens with one attached hydrogen (secondary N) is 2. The van der Waals surface area contributed by atoms with E-state index < -0.39 is 5.60 Å². The summed E-state index contributed by atoms with van der Waals surface area (Å²) in [5, 5.41) is 16.8. The van der Waals surface area contributed by atoms with Crippen LogP contribution < -0.4 is 20.1 Å². The number of methoxy groups -OCH3 is 1. The molecule has 0 amide bonds. The molecule has 2 aromatic carbocycles. The van der Waals surface area contributed by atoms with E-state index in [1.54, 1.807) is 63.4 Å². The Hall–Kier alpha value is -3.10. The Labute approximate surface area is 186 Å². The molecule has 8 nitrogen and oxygen atoms in total. The highest BCUT2D eigenvalue weighted by Gasteiger charge is 2.16. The largest absolute Gasteiger partial charge is 0.495 e. The van der Waals surface area contributed by atoms with Gasteiger partial charge in [-0.1, -0.05) is 23.7 Å². The summed E-state index contributed by atoms with van der Waals surface area (Å²) in [6, 6.07) is 12.6. The smallest absolute Gasteiger partial charge is 0.328 e. The van der Waals surface area contributed by atoms with Crippen molar-refractivity contribution in [1.29, 1.82) is 0 Å². The molecule has 3 N–H and O–H groups in total. The molecule has 9 heteroatoms. The third-order valence-corrected chi connectivity index (χ3v) is 4.51. The van der Waals surface area contributed by atoms with Gasteiger partial charge in [0.1, 0.15) is 11.5 Å². The van der Waals surface area contributed by atoms with Gasteiger partial charge in [-0.25, -0.2) is 0 Å². The molecule has 164 valence electrons. The lowest BCUT2D eigenvalue weighted by Gasteiger charge is -2.17. The summed E-state index contributed by atoms with van der Waals surface area (Å²) in [5.74, 6) is 1.77. The maximum atomic E-state index is 10.1. The van der Waals surface area contributed by atoms with E-state index >= 15 is 0 Å². The van der Waals surface area contributed by atoms with Crippen LogP contribution in [0.2, 0.25) is 5.02 Å². The Morgan fingerprint density at radius 3 is 2.26 bits per heavy atom. The van der Waals surface area contributed by atoms with E-state index in [-0.39, 0.29) is 12.1 Å². The van der Waals surface area contributed by atoms with Gasteiger partial charge in [-0.2, -0.15) is 15.0 Å². The highest BCUT2D eigenvalue weighted by atomic mass is 35.5. The molecule has 0 fully saturated rings. The normalized spacial score (nSPS) is 11.4. The lowest BCUT2D eigenvalue weighted by Crippen LogP contribution is -2.15. The molecule has 3 rings (SSSR count). The minimum atomic E-state index is -0.934. The fourth-order valence-corrected chi connectivity index (χ4v) is 2.95. The Morgan fingerprint density at radius 1 is 1.00 bits per heavy atom. The second-order valence-corrected chi connectivity index (χ2v) is 8.13. The van der Waals surface area contributed by atoms with Crippen molar-refractivity contribution in [2.45, 2.75) is 39.3 Å². The molecule has 31 heavy (non-hydrogen) atoms. The van der Waals surface area contributed by atoms with Crippen molar-refractivity contribution >= 4 is 29.2 Å².